The van der Waals surface area contributed by atoms with Crippen molar-refractivity contribution < 1.29 is 17.9 Å². The number of benzene rings is 1. The molecule has 0 amide bonds. The molecule has 1 aliphatic rings. The van der Waals surface area contributed by atoms with Crippen molar-refractivity contribution in [3.8, 4) is 0 Å². The molecule has 0 saturated heterocycles. The third-order valence-corrected chi connectivity index (χ3v) is 2.65. The highest BCUT2D eigenvalue weighted by Gasteiger charge is 2.45. The number of nitrogen functional groups attached to an aromatic ring is 1. The smallest absolute Gasteiger partial charge is 0.269 e. The minimum atomic E-state index is -2.87. The molecule has 1 aliphatic heterocycles. The van der Waals surface area contributed by atoms with Crippen LogP contribution in [0, 0.1) is 5.82 Å². The zero-order chi connectivity index (χ0) is 12.5. The molecule has 0 fully saturated rings. The maximum atomic E-state index is 13.6. The SMILES string of the molecule is Nc1ccc(F)c(C2(C(F)F)COCC=N2)c1. The van der Waals surface area contributed by atoms with Gasteiger partial charge in [0.25, 0.3) is 6.43 Å². The largest absolute Gasteiger partial charge is 0.399 e. The molecule has 1 aromatic rings. The molecule has 3 nitrogen and oxygen atoms in total. The molecular formula is C11H11F3N2O. The van der Waals surface area contributed by atoms with Gasteiger partial charge in [0.2, 0.25) is 0 Å². The molecule has 1 heterocycles. The van der Waals surface area contributed by atoms with Gasteiger partial charge < -0.3 is 10.5 Å². The zero-order valence-corrected chi connectivity index (χ0v) is 8.87. The molecule has 2 N–H and O–H groups in total. The Balaban J connectivity index is 2.56. The molecule has 0 saturated carbocycles. The Morgan fingerprint density at radius 2 is 2.18 bits per heavy atom. The molecule has 0 spiro atoms. The van der Waals surface area contributed by atoms with Crippen LogP contribution in [0.4, 0.5) is 18.9 Å². The van der Waals surface area contributed by atoms with E-state index in [0.717, 1.165) is 6.07 Å². The molecular weight excluding hydrogens is 233 g/mol. The van der Waals surface area contributed by atoms with Crippen LogP contribution in [0.5, 0.6) is 0 Å². The molecule has 1 unspecified atom stereocenters. The van der Waals surface area contributed by atoms with Crippen LogP contribution in [0.15, 0.2) is 23.2 Å². The quantitative estimate of drug-likeness (QED) is 0.808. The maximum Gasteiger partial charge on any atom is 0.269 e. The fraction of sp³-hybridized carbons (Fsp3) is 0.364. The Morgan fingerprint density at radius 1 is 1.41 bits per heavy atom. The molecule has 0 bridgehead atoms. The average Bonchev–Trinajstić information content (AvgIpc) is 2.33. The lowest BCUT2D eigenvalue weighted by Crippen LogP contribution is -2.41. The van der Waals surface area contributed by atoms with Crippen molar-refractivity contribution in [2.45, 2.75) is 12.0 Å². The van der Waals surface area contributed by atoms with Crippen LogP contribution in [0.3, 0.4) is 0 Å². The minimum absolute atomic E-state index is 0.151. The number of nitrogens with two attached hydrogens (primary N) is 1. The third-order valence-electron chi connectivity index (χ3n) is 2.65. The van der Waals surface area contributed by atoms with Crippen molar-refractivity contribution in [3.05, 3.63) is 29.6 Å². The summed E-state index contributed by atoms with van der Waals surface area (Å²) in [6, 6.07) is 3.54. The van der Waals surface area contributed by atoms with Gasteiger partial charge in [0.05, 0.1) is 13.2 Å². The van der Waals surface area contributed by atoms with E-state index in [0.29, 0.717) is 0 Å². The molecule has 0 aliphatic carbocycles. The van der Waals surface area contributed by atoms with Crippen molar-refractivity contribution in [2.24, 2.45) is 4.99 Å². The van der Waals surface area contributed by atoms with E-state index in [4.69, 9.17) is 10.5 Å². The van der Waals surface area contributed by atoms with E-state index in [2.05, 4.69) is 4.99 Å². The standard InChI is InChI=1S/C11H11F3N2O/c12-9-2-1-7(15)5-8(9)11(10(13)14)6-17-4-3-16-11/h1-3,5,10H,4,6,15H2. The number of nitrogens with zero attached hydrogens (tertiary/aromatic N) is 1. The van der Waals surface area contributed by atoms with Gasteiger partial charge in [-0.3, -0.25) is 4.99 Å². The van der Waals surface area contributed by atoms with Gasteiger partial charge in [-0.05, 0) is 18.2 Å². The highest BCUT2D eigenvalue weighted by Crippen LogP contribution is 2.36. The Kier molecular flexibility index (Phi) is 3.06. The van der Waals surface area contributed by atoms with E-state index in [-0.39, 0.29) is 24.5 Å². The van der Waals surface area contributed by atoms with Crippen LogP contribution < -0.4 is 5.73 Å². The maximum absolute atomic E-state index is 13.6. The first-order chi connectivity index (χ1) is 8.06. The first kappa shape index (κ1) is 11.9. The molecule has 0 radical (unpaired) electrons. The number of alkyl halides is 2. The summed E-state index contributed by atoms with van der Waals surface area (Å²) in [5.41, 5.74) is 3.48. The average molecular weight is 244 g/mol. The number of halogens is 3. The van der Waals surface area contributed by atoms with Gasteiger partial charge in [0, 0.05) is 17.5 Å². The lowest BCUT2D eigenvalue weighted by molar-refractivity contribution is -0.0126. The second-order valence-electron chi connectivity index (χ2n) is 3.79. The number of hydrogen-bond donors (Lipinski definition) is 1. The van der Waals surface area contributed by atoms with Crippen LogP contribution in [-0.4, -0.2) is 25.9 Å². The van der Waals surface area contributed by atoms with E-state index in [9.17, 15) is 13.2 Å². The van der Waals surface area contributed by atoms with Crippen molar-refractivity contribution >= 4 is 11.9 Å². The molecule has 2 rings (SSSR count). The molecule has 1 atom stereocenters. The molecule has 92 valence electrons. The zero-order valence-electron chi connectivity index (χ0n) is 8.87. The number of rotatable bonds is 2. The predicted octanol–water partition coefficient (Wildman–Crippen LogP) is 1.97. The lowest BCUT2D eigenvalue weighted by atomic mass is 9.90. The first-order valence-corrected chi connectivity index (χ1v) is 5.01. The van der Waals surface area contributed by atoms with E-state index < -0.39 is 17.8 Å². The summed E-state index contributed by atoms with van der Waals surface area (Å²) in [4.78, 5) is 3.74. The van der Waals surface area contributed by atoms with Crippen molar-refractivity contribution in [1.82, 2.24) is 0 Å². The van der Waals surface area contributed by atoms with Gasteiger partial charge in [0.15, 0.2) is 5.54 Å². The number of ether oxygens (including phenoxy) is 1. The van der Waals surface area contributed by atoms with Crippen LogP contribution in [-0.2, 0) is 10.3 Å². The van der Waals surface area contributed by atoms with Gasteiger partial charge in [-0.15, -0.1) is 0 Å². The van der Waals surface area contributed by atoms with Gasteiger partial charge in [-0.25, -0.2) is 13.2 Å². The fourth-order valence-corrected chi connectivity index (χ4v) is 1.76. The monoisotopic (exact) mass is 244 g/mol. The summed E-state index contributed by atoms with van der Waals surface area (Å²) in [6.45, 7) is -0.208. The summed E-state index contributed by atoms with van der Waals surface area (Å²) in [5.74, 6) is -0.762. The second kappa shape index (κ2) is 4.37. The second-order valence-corrected chi connectivity index (χ2v) is 3.79. The first-order valence-electron chi connectivity index (χ1n) is 5.01. The molecule has 6 heteroatoms. The summed E-state index contributed by atoms with van der Waals surface area (Å²) in [6.07, 6.45) is -1.64. The van der Waals surface area contributed by atoms with Gasteiger partial charge >= 0.3 is 0 Å². The Labute approximate surface area is 96.1 Å². The van der Waals surface area contributed by atoms with E-state index in [1.54, 1.807) is 0 Å². The van der Waals surface area contributed by atoms with E-state index in [1.807, 2.05) is 0 Å². The summed E-state index contributed by atoms with van der Waals surface area (Å²) in [7, 11) is 0. The summed E-state index contributed by atoms with van der Waals surface area (Å²) in [5, 5.41) is 0. The Bertz CT molecular complexity index is 450. The third kappa shape index (κ3) is 2.00. The van der Waals surface area contributed by atoms with Crippen LogP contribution in [0.2, 0.25) is 0 Å². The normalized spacial score (nSPS) is 24.2. The Morgan fingerprint density at radius 3 is 2.76 bits per heavy atom. The van der Waals surface area contributed by atoms with Crippen LogP contribution in [0.1, 0.15) is 5.56 Å². The van der Waals surface area contributed by atoms with E-state index >= 15 is 0 Å². The van der Waals surface area contributed by atoms with Crippen molar-refractivity contribution in [1.29, 1.82) is 0 Å². The highest BCUT2D eigenvalue weighted by molar-refractivity contribution is 5.61. The van der Waals surface area contributed by atoms with Gasteiger partial charge in [-0.2, -0.15) is 0 Å². The van der Waals surface area contributed by atoms with E-state index in [1.165, 1.54) is 18.3 Å². The van der Waals surface area contributed by atoms with Gasteiger partial charge in [0.1, 0.15) is 5.82 Å². The Hall–Kier alpha value is -1.56. The van der Waals surface area contributed by atoms with Crippen LogP contribution in [0.25, 0.3) is 0 Å². The van der Waals surface area contributed by atoms with Crippen molar-refractivity contribution in [2.75, 3.05) is 18.9 Å². The number of aliphatic imine (C=N–C) groups is 1. The molecule has 17 heavy (non-hydrogen) atoms. The minimum Gasteiger partial charge on any atom is -0.399 e. The topological polar surface area (TPSA) is 47.6 Å². The fourth-order valence-electron chi connectivity index (χ4n) is 1.76. The van der Waals surface area contributed by atoms with Crippen molar-refractivity contribution in [3.63, 3.8) is 0 Å². The summed E-state index contributed by atoms with van der Waals surface area (Å²) >= 11 is 0. The van der Waals surface area contributed by atoms with Gasteiger partial charge in [-0.1, -0.05) is 0 Å². The summed E-state index contributed by atoms with van der Waals surface area (Å²) < 4.78 is 44.9. The van der Waals surface area contributed by atoms with Crippen LogP contribution >= 0.6 is 0 Å². The molecule has 0 aromatic heterocycles. The number of anilines is 1. The predicted molar refractivity (Wildman–Crippen MR) is 57.8 cm³/mol. The number of hydrogen-bond acceptors (Lipinski definition) is 3. The highest BCUT2D eigenvalue weighted by atomic mass is 19.3. The lowest BCUT2D eigenvalue weighted by Gasteiger charge is -2.32. The molecule has 1 aromatic carbocycles.